The quantitative estimate of drug-likeness (QED) is 0.359. The third kappa shape index (κ3) is 5.45. The van der Waals surface area contributed by atoms with Crippen LogP contribution in [0.5, 0.6) is 11.5 Å². The van der Waals surface area contributed by atoms with E-state index in [4.69, 9.17) is 0 Å². The van der Waals surface area contributed by atoms with Crippen LogP contribution in [0.25, 0.3) is 0 Å². The molecule has 0 aliphatic heterocycles. The Hall–Kier alpha value is -4.13. The number of carbonyl (C=O) groups is 2. The highest BCUT2D eigenvalue weighted by Gasteiger charge is 2.22. The molecule has 0 saturated carbocycles. The van der Waals surface area contributed by atoms with Gasteiger partial charge in [-0.1, -0.05) is 60.7 Å². The van der Waals surface area contributed by atoms with E-state index in [0.29, 0.717) is 5.56 Å². The van der Waals surface area contributed by atoms with Crippen LogP contribution in [0, 0.1) is 0 Å². The number of hydrogen-bond donors (Lipinski definition) is 4. The van der Waals surface area contributed by atoms with Crippen molar-refractivity contribution in [3.05, 3.63) is 95.6 Å². The maximum Gasteiger partial charge on any atom is 0.259 e. The monoisotopic (exact) mass is 403 g/mol. The minimum absolute atomic E-state index is 0.0808. The van der Waals surface area contributed by atoms with Crippen LogP contribution in [-0.2, 0) is 9.59 Å². The van der Waals surface area contributed by atoms with Gasteiger partial charge in [0.2, 0.25) is 5.91 Å². The molecular weight excluding hydrogens is 382 g/mol. The Morgan fingerprint density at radius 1 is 0.900 bits per heavy atom. The lowest BCUT2D eigenvalue weighted by Crippen LogP contribution is -2.37. The Morgan fingerprint density at radius 2 is 1.50 bits per heavy atom. The molecule has 0 saturated heterocycles. The summed E-state index contributed by atoms with van der Waals surface area (Å²) in [5.41, 5.74) is 4.26. The van der Waals surface area contributed by atoms with Crippen molar-refractivity contribution in [2.24, 2.45) is 5.10 Å². The van der Waals surface area contributed by atoms with Crippen molar-refractivity contribution >= 4 is 18.0 Å². The van der Waals surface area contributed by atoms with E-state index in [9.17, 15) is 19.8 Å². The maximum absolute atomic E-state index is 12.8. The van der Waals surface area contributed by atoms with Gasteiger partial charge in [-0.2, -0.15) is 5.10 Å². The molecule has 0 aliphatic carbocycles. The zero-order valence-electron chi connectivity index (χ0n) is 16.0. The van der Waals surface area contributed by atoms with Crippen molar-refractivity contribution in [2.75, 3.05) is 6.54 Å². The summed E-state index contributed by atoms with van der Waals surface area (Å²) < 4.78 is 0. The number of benzene rings is 3. The van der Waals surface area contributed by atoms with E-state index in [2.05, 4.69) is 15.8 Å². The molecule has 3 aromatic rings. The van der Waals surface area contributed by atoms with Crippen molar-refractivity contribution < 1.29 is 19.8 Å². The SMILES string of the molecule is O=C(CNC(=O)C(c1ccccc1)c1ccccc1)N/N=C\c1ccc(O)cc1O. The molecule has 0 aromatic heterocycles. The van der Waals surface area contributed by atoms with E-state index >= 15 is 0 Å². The molecule has 152 valence electrons. The van der Waals surface area contributed by atoms with Crippen LogP contribution in [0.1, 0.15) is 22.6 Å². The molecule has 3 rings (SSSR count). The number of aromatic hydroxyl groups is 2. The summed E-state index contributed by atoms with van der Waals surface area (Å²) in [5.74, 6) is -1.62. The third-order valence-corrected chi connectivity index (χ3v) is 4.36. The molecule has 0 heterocycles. The van der Waals surface area contributed by atoms with Crippen molar-refractivity contribution in [1.29, 1.82) is 0 Å². The van der Waals surface area contributed by atoms with E-state index in [-0.39, 0.29) is 24.0 Å². The zero-order chi connectivity index (χ0) is 21.3. The summed E-state index contributed by atoms with van der Waals surface area (Å²) in [6, 6.07) is 22.7. The molecule has 0 fully saturated rings. The Kier molecular flexibility index (Phi) is 6.78. The highest BCUT2D eigenvalue weighted by Crippen LogP contribution is 2.24. The zero-order valence-corrected chi connectivity index (χ0v) is 16.0. The molecule has 0 unspecified atom stereocenters. The number of nitrogens with zero attached hydrogens (tertiary/aromatic N) is 1. The summed E-state index contributed by atoms with van der Waals surface area (Å²) in [5, 5.41) is 25.4. The molecule has 4 N–H and O–H groups in total. The van der Waals surface area contributed by atoms with Crippen molar-refractivity contribution in [1.82, 2.24) is 10.7 Å². The van der Waals surface area contributed by atoms with Crippen molar-refractivity contribution in [2.45, 2.75) is 5.92 Å². The molecule has 0 atom stereocenters. The van der Waals surface area contributed by atoms with Crippen LogP contribution in [0.15, 0.2) is 84.0 Å². The minimum atomic E-state index is -0.544. The van der Waals surface area contributed by atoms with Gasteiger partial charge in [0, 0.05) is 11.6 Å². The van der Waals surface area contributed by atoms with E-state index in [1.165, 1.54) is 18.3 Å². The fourth-order valence-electron chi connectivity index (χ4n) is 2.91. The second kappa shape index (κ2) is 9.88. The number of hydrogen-bond acceptors (Lipinski definition) is 5. The van der Waals surface area contributed by atoms with Crippen LogP contribution in [0.3, 0.4) is 0 Å². The molecule has 0 bridgehead atoms. The molecule has 30 heavy (non-hydrogen) atoms. The number of hydrazone groups is 1. The van der Waals surface area contributed by atoms with Crippen LogP contribution < -0.4 is 10.7 Å². The van der Waals surface area contributed by atoms with Crippen LogP contribution in [0.4, 0.5) is 0 Å². The van der Waals surface area contributed by atoms with Gasteiger partial charge in [0.15, 0.2) is 0 Å². The standard InChI is InChI=1S/C23H21N3O4/c27-19-12-11-18(20(28)13-19)14-25-26-21(29)15-24-23(30)22(16-7-3-1-4-8-16)17-9-5-2-6-10-17/h1-14,22,27-28H,15H2,(H,24,30)(H,26,29)/b25-14-. The number of phenolic OH excluding ortho intramolecular Hbond substituents is 2. The summed E-state index contributed by atoms with van der Waals surface area (Å²) in [6.45, 7) is -0.256. The summed E-state index contributed by atoms with van der Waals surface area (Å²) in [6.07, 6.45) is 1.24. The average Bonchev–Trinajstić information content (AvgIpc) is 2.75. The first-order valence-corrected chi connectivity index (χ1v) is 9.26. The highest BCUT2D eigenvalue weighted by molar-refractivity contribution is 5.91. The normalized spacial score (nSPS) is 10.8. The predicted octanol–water partition coefficient (Wildman–Crippen LogP) is 2.50. The first-order valence-electron chi connectivity index (χ1n) is 9.26. The molecule has 7 nitrogen and oxygen atoms in total. The molecule has 3 aromatic carbocycles. The lowest BCUT2D eigenvalue weighted by atomic mass is 9.90. The Balaban J connectivity index is 1.61. The van der Waals surface area contributed by atoms with Gasteiger partial charge in [0.1, 0.15) is 11.5 Å². The van der Waals surface area contributed by atoms with Gasteiger partial charge < -0.3 is 15.5 Å². The maximum atomic E-state index is 12.8. The third-order valence-electron chi connectivity index (χ3n) is 4.36. The minimum Gasteiger partial charge on any atom is -0.508 e. The van der Waals surface area contributed by atoms with Crippen LogP contribution in [0.2, 0.25) is 0 Å². The van der Waals surface area contributed by atoms with E-state index in [1.54, 1.807) is 0 Å². The number of amides is 2. The molecule has 0 spiro atoms. The molecule has 0 radical (unpaired) electrons. The van der Waals surface area contributed by atoms with Gasteiger partial charge >= 0.3 is 0 Å². The second-order valence-electron chi connectivity index (χ2n) is 6.51. The summed E-state index contributed by atoms with van der Waals surface area (Å²) >= 11 is 0. The van der Waals surface area contributed by atoms with Crippen LogP contribution >= 0.6 is 0 Å². The Labute approximate surface area is 173 Å². The number of phenols is 2. The lowest BCUT2D eigenvalue weighted by molar-refractivity contribution is -0.126. The average molecular weight is 403 g/mol. The van der Waals surface area contributed by atoms with E-state index < -0.39 is 11.8 Å². The van der Waals surface area contributed by atoms with Crippen molar-refractivity contribution in [3.63, 3.8) is 0 Å². The second-order valence-corrected chi connectivity index (χ2v) is 6.51. The smallest absolute Gasteiger partial charge is 0.259 e. The summed E-state index contributed by atoms with van der Waals surface area (Å²) in [4.78, 5) is 24.9. The highest BCUT2D eigenvalue weighted by atomic mass is 16.3. The fourth-order valence-corrected chi connectivity index (χ4v) is 2.91. The Morgan fingerprint density at radius 3 is 2.07 bits per heavy atom. The molecular formula is C23H21N3O4. The summed E-state index contributed by atoms with van der Waals surface area (Å²) in [7, 11) is 0. The molecule has 7 heteroatoms. The van der Waals surface area contributed by atoms with Gasteiger partial charge in [0.05, 0.1) is 18.7 Å². The largest absolute Gasteiger partial charge is 0.508 e. The first kappa shape index (κ1) is 20.6. The fraction of sp³-hybridized carbons (Fsp3) is 0.0870. The topological polar surface area (TPSA) is 111 Å². The van der Waals surface area contributed by atoms with E-state index in [0.717, 1.165) is 17.2 Å². The van der Waals surface area contributed by atoms with E-state index in [1.807, 2.05) is 60.7 Å². The van der Waals surface area contributed by atoms with Crippen LogP contribution in [-0.4, -0.2) is 34.8 Å². The van der Waals surface area contributed by atoms with Gasteiger partial charge in [0.25, 0.3) is 5.91 Å². The molecule has 0 aliphatic rings. The number of rotatable bonds is 7. The van der Waals surface area contributed by atoms with Gasteiger partial charge in [-0.3, -0.25) is 9.59 Å². The Bertz CT molecular complexity index is 997. The number of nitrogens with one attached hydrogen (secondary N) is 2. The van der Waals surface area contributed by atoms with Gasteiger partial charge in [-0.15, -0.1) is 0 Å². The number of carbonyl (C=O) groups excluding carboxylic acids is 2. The predicted molar refractivity (Wildman–Crippen MR) is 113 cm³/mol. The van der Waals surface area contributed by atoms with Crippen molar-refractivity contribution in [3.8, 4) is 11.5 Å². The lowest BCUT2D eigenvalue weighted by Gasteiger charge is -2.17. The molecule has 2 amide bonds. The first-order chi connectivity index (χ1) is 14.5. The van der Waals surface area contributed by atoms with Gasteiger partial charge in [-0.05, 0) is 23.3 Å². The van der Waals surface area contributed by atoms with Gasteiger partial charge in [-0.25, -0.2) is 5.43 Å².